The summed E-state index contributed by atoms with van der Waals surface area (Å²) in [6.07, 6.45) is 2.33. The molecule has 2 fully saturated rings. The van der Waals surface area contributed by atoms with Crippen molar-refractivity contribution < 1.29 is 18.7 Å². The van der Waals surface area contributed by atoms with Crippen molar-refractivity contribution >= 4 is 11.9 Å². The number of nitrogens with zero attached hydrogens (tertiary/aromatic N) is 1. The summed E-state index contributed by atoms with van der Waals surface area (Å²) in [5.41, 5.74) is -0.809. The maximum atomic E-state index is 13.6. The monoisotopic (exact) mass is 348 g/mol. The van der Waals surface area contributed by atoms with Crippen LogP contribution in [0.4, 0.5) is 9.18 Å². The number of imide groups is 1. The van der Waals surface area contributed by atoms with Crippen molar-refractivity contribution in [2.45, 2.75) is 45.6 Å². The van der Waals surface area contributed by atoms with E-state index in [1.807, 2.05) is 0 Å². The highest BCUT2D eigenvalue weighted by atomic mass is 19.1. The Kier molecular flexibility index (Phi) is 4.47. The second-order valence-electron chi connectivity index (χ2n) is 8.10. The van der Waals surface area contributed by atoms with Crippen LogP contribution in [-0.4, -0.2) is 35.5 Å². The van der Waals surface area contributed by atoms with Gasteiger partial charge in [-0.2, -0.15) is 0 Å². The van der Waals surface area contributed by atoms with E-state index < -0.39 is 11.4 Å². The summed E-state index contributed by atoms with van der Waals surface area (Å²) in [6, 6.07) is 5.70. The van der Waals surface area contributed by atoms with Crippen molar-refractivity contribution in [1.29, 1.82) is 0 Å². The maximum absolute atomic E-state index is 13.6. The molecule has 6 heteroatoms. The van der Waals surface area contributed by atoms with E-state index in [4.69, 9.17) is 4.74 Å². The van der Waals surface area contributed by atoms with E-state index >= 15 is 0 Å². The van der Waals surface area contributed by atoms with E-state index in [0.717, 1.165) is 6.42 Å². The lowest BCUT2D eigenvalue weighted by molar-refractivity contribution is -0.135. The van der Waals surface area contributed by atoms with Crippen LogP contribution < -0.4 is 10.1 Å². The first-order valence-electron chi connectivity index (χ1n) is 8.74. The molecule has 1 N–H and O–H groups in total. The lowest BCUT2D eigenvalue weighted by Crippen LogP contribution is -2.54. The molecular formula is C19H25FN2O3. The van der Waals surface area contributed by atoms with Crippen LogP contribution in [-0.2, 0) is 4.79 Å². The van der Waals surface area contributed by atoms with Gasteiger partial charge in [-0.25, -0.2) is 9.18 Å². The maximum Gasteiger partial charge on any atom is 0.325 e. The summed E-state index contributed by atoms with van der Waals surface area (Å²) in [5, 5.41) is 2.92. The number of hydrogen-bond acceptors (Lipinski definition) is 3. The van der Waals surface area contributed by atoms with E-state index in [2.05, 4.69) is 26.1 Å². The van der Waals surface area contributed by atoms with Gasteiger partial charge in [0.2, 0.25) is 0 Å². The number of carbonyl (C=O) groups is 2. The molecule has 0 bridgehead atoms. The third-order valence-corrected chi connectivity index (χ3v) is 5.03. The fourth-order valence-electron chi connectivity index (χ4n) is 4.52. The standard InChI is InChI=1S/C19H25FN2O3/c1-13-10-18(2,3)12-19(11-13)16(23)22(17(24)21-19)8-9-25-15-7-5-4-6-14(15)20/h4-7,13H,8-12H2,1-3H3,(H,21,24). The summed E-state index contributed by atoms with van der Waals surface area (Å²) in [5.74, 6) is -0.160. The number of halogens is 1. The van der Waals surface area contributed by atoms with Crippen molar-refractivity contribution in [3.8, 4) is 5.75 Å². The first-order valence-corrected chi connectivity index (χ1v) is 8.74. The van der Waals surface area contributed by atoms with Crippen molar-refractivity contribution in [1.82, 2.24) is 10.2 Å². The molecule has 1 heterocycles. The number of para-hydroxylation sites is 1. The molecular weight excluding hydrogens is 323 g/mol. The van der Waals surface area contributed by atoms with Gasteiger partial charge in [0.1, 0.15) is 12.1 Å². The van der Waals surface area contributed by atoms with Gasteiger partial charge in [-0.1, -0.05) is 32.9 Å². The molecule has 3 amide bonds. The fraction of sp³-hybridized carbons (Fsp3) is 0.579. The SMILES string of the molecule is CC1CC(C)(C)CC2(C1)NC(=O)N(CCOc1ccccc1F)C2=O. The predicted octanol–water partition coefficient (Wildman–Crippen LogP) is 3.34. The van der Waals surface area contributed by atoms with E-state index in [0.29, 0.717) is 18.8 Å². The van der Waals surface area contributed by atoms with E-state index in [9.17, 15) is 14.0 Å². The van der Waals surface area contributed by atoms with Crippen LogP contribution in [0, 0.1) is 17.2 Å². The second-order valence-corrected chi connectivity index (χ2v) is 8.10. The quantitative estimate of drug-likeness (QED) is 0.849. The van der Waals surface area contributed by atoms with Gasteiger partial charge in [0.05, 0.1) is 6.54 Å². The smallest absolute Gasteiger partial charge is 0.325 e. The molecule has 1 saturated heterocycles. The number of hydrogen-bond donors (Lipinski definition) is 1. The number of amides is 3. The summed E-state index contributed by atoms with van der Waals surface area (Å²) in [4.78, 5) is 26.5. The van der Waals surface area contributed by atoms with Gasteiger partial charge in [-0.15, -0.1) is 0 Å². The summed E-state index contributed by atoms with van der Waals surface area (Å²) in [7, 11) is 0. The normalized spacial score (nSPS) is 28.3. The zero-order valence-electron chi connectivity index (χ0n) is 15.0. The summed E-state index contributed by atoms with van der Waals surface area (Å²) >= 11 is 0. The molecule has 2 aliphatic rings. The average Bonchev–Trinajstić information content (AvgIpc) is 2.70. The lowest BCUT2D eigenvalue weighted by Gasteiger charge is -2.43. The number of benzene rings is 1. The lowest BCUT2D eigenvalue weighted by atomic mass is 9.64. The van der Waals surface area contributed by atoms with Crippen LogP contribution in [0.25, 0.3) is 0 Å². The Morgan fingerprint density at radius 3 is 2.68 bits per heavy atom. The minimum Gasteiger partial charge on any atom is -0.489 e. The fourth-order valence-corrected chi connectivity index (χ4v) is 4.52. The van der Waals surface area contributed by atoms with Crippen molar-refractivity contribution in [3.63, 3.8) is 0 Å². The van der Waals surface area contributed by atoms with Crippen LogP contribution in [0.15, 0.2) is 24.3 Å². The second kappa shape index (κ2) is 6.32. The van der Waals surface area contributed by atoms with Crippen LogP contribution >= 0.6 is 0 Å². The molecule has 1 aromatic carbocycles. The van der Waals surface area contributed by atoms with Crippen LogP contribution in [0.3, 0.4) is 0 Å². The zero-order chi connectivity index (χ0) is 18.2. The molecule has 1 aliphatic carbocycles. The van der Waals surface area contributed by atoms with Crippen LogP contribution in [0.5, 0.6) is 5.75 Å². The highest BCUT2D eigenvalue weighted by molar-refractivity contribution is 6.07. The Balaban J connectivity index is 1.66. The molecule has 2 atom stereocenters. The number of urea groups is 1. The summed E-state index contributed by atoms with van der Waals surface area (Å²) < 4.78 is 19.0. The number of nitrogens with one attached hydrogen (secondary N) is 1. The van der Waals surface area contributed by atoms with Gasteiger partial charge >= 0.3 is 6.03 Å². The highest BCUT2D eigenvalue weighted by Crippen LogP contribution is 2.46. The minimum atomic E-state index is -0.809. The molecule has 136 valence electrons. The van der Waals surface area contributed by atoms with Crippen molar-refractivity contribution in [2.24, 2.45) is 11.3 Å². The Morgan fingerprint density at radius 1 is 1.28 bits per heavy atom. The Bertz CT molecular complexity index is 691. The number of carbonyl (C=O) groups excluding carboxylic acids is 2. The molecule has 25 heavy (non-hydrogen) atoms. The van der Waals surface area contributed by atoms with Gasteiger partial charge in [0, 0.05) is 0 Å². The Labute approximate surface area is 147 Å². The van der Waals surface area contributed by atoms with Crippen molar-refractivity contribution in [2.75, 3.05) is 13.2 Å². The van der Waals surface area contributed by atoms with Gasteiger partial charge in [0.15, 0.2) is 11.6 Å². The van der Waals surface area contributed by atoms with Crippen LogP contribution in [0.2, 0.25) is 0 Å². The topological polar surface area (TPSA) is 58.6 Å². The predicted molar refractivity (Wildman–Crippen MR) is 91.7 cm³/mol. The molecule has 1 spiro atoms. The van der Waals surface area contributed by atoms with E-state index in [1.165, 1.54) is 17.0 Å². The third-order valence-electron chi connectivity index (χ3n) is 5.03. The minimum absolute atomic E-state index is 0.000282. The first kappa shape index (κ1) is 17.7. The van der Waals surface area contributed by atoms with E-state index in [1.54, 1.807) is 12.1 Å². The molecule has 0 radical (unpaired) electrons. The molecule has 2 unspecified atom stereocenters. The van der Waals surface area contributed by atoms with E-state index in [-0.39, 0.29) is 36.3 Å². The molecule has 1 aliphatic heterocycles. The largest absolute Gasteiger partial charge is 0.489 e. The molecule has 5 nitrogen and oxygen atoms in total. The zero-order valence-corrected chi connectivity index (χ0v) is 15.0. The highest BCUT2D eigenvalue weighted by Gasteiger charge is 2.55. The first-order chi connectivity index (χ1) is 11.7. The molecule has 1 aromatic rings. The Hall–Kier alpha value is -2.11. The van der Waals surface area contributed by atoms with Gasteiger partial charge in [0.25, 0.3) is 5.91 Å². The van der Waals surface area contributed by atoms with Gasteiger partial charge in [-0.05, 0) is 42.7 Å². The van der Waals surface area contributed by atoms with Gasteiger partial charge < -0.3 is 10.1 Å². The van der Waals surface area contributed by atoms with Crippen LogP contribution in [0.1, 0.15) is 40.0 Å². The number of rotatable bonds is 4. The number of ether oxygens (including phenoxy) is 1. The van der Waals surface area contributed by atoms with Crippen molar-refractivity contribution in [3.05, 3.63) is 30.1 Å². The molecule has 1 saturated carbocycles. The Morgan fingerprint density at radius 2 is 2.00 bits per heavy atom. The summed E-state index contributed by atoms with van der Waals surface area (Å²) in [6.45, 7) is 6.55. The average molecular weight is 348 g/mol. The van der Waals surface area contributed by atoms with Gasteiger partial charge in [-0.3, -0.25) is 9.69 Å². The molecule has 0 aromatic heterocycles. The molecule has 3 rings (SSSR count). The third kappa shape index (κ3) is 3.48.